The first-order chi connectivity index (χ1) is 6.58. The first kappa shape index (κ1) is 11.9. The summed E-state index contributed by atoms with van der Waals surface area (Å²) in [6.07, 6.45) is 1.21. The van der Waals surface area contributed by atoms with Gasteiger partial charge in [0.05, 0.1) is 6.54 Å². The minimum atomic E-state index is 0.525. The van der Waals surface area contributed by atoms with Crippen LogP contribution in [0.1, 0.15) is 25.3 Å². The number of nitrogens with zero attached hydrogens (tertiary/aromatic N) is 3. The Morgan fingerprint density at radius 1 is 1.43 bits per heavy atom. The van der Waals surface area contributed by atoms with Gasteiger partial charge in [0.15, 0.2) is 0 Å². The van der Waals surface area contributed by atoms with E-state index >= 15 is 0 Å². The smallest absolute Gasteiger partial charge is 0.207 e. The van der Waals surface area contributed by atoms with Crippen LogP contribution in [0.3, 0.4) is 0 Å². The Morgan fingerprint density at radius 2 is 2.14 bits per heavy atom. The van der Waals surface area contributed by atoms with Crippen LogP contribution in [0.2, 0.25) is 4.47 Å². The fourth-order valence-corrected chi connectivity index (χ4v) is 2.03. The Kier molecular flexibility index (Phi) is 4.78. The molecule has 0 radical (unpaired) electrons. The van der Waals surface area contributed by atoms with Crippen LogP contribution >= 0.6 is 22.9 Å². The van der Waals surface area contributed by atoms with Crippen LogP contribution in [-0.4, -0.2) is 28.7 Å². The lowest BCUT2D eigenvalue weighted by atomic mass is 10.1. The molecule has 0 aliphatic rings. The Morgan fingerprint density at radius 3 is 2.64 bits per heavy atom. The van der Waals surface area contributed by atoms with E-state index in [0.717, 1.165) is 24.0 Å². The largest absolute Gasteiger partial charge is 0.300 e. The molecule has 0 fully saturated rings. The summed E-state index contributed by atoms with van der Waals surface area (Å²) >= 11 is 7.15. The number of halogens is 1. The van der Waals surface area contributed by atoms with Crippen LogP contribution in [0.4, 0.5) is 0 Å². The summed E-state index contributed by atoms with van der Waals surface area (Å²) < 4.78 is 0.525. The fraction of sp³-hybridized carbons (Fsp3) is 0.778. The molecule has 5 heteroatoms. The highest BCUT2D eigenvalue weighted by atomic mass is 35.5. The highest BCUT2D eigenvalue weighted by Gasteiger charge is 2.06. The molecule has 0 N–H and O–H groups in total. The first-order valence-electron chi connectivity index (χ1n) is 4.74. The summed E-state index contributed by atoms with van der Waals surface area (Å²) in [5, 5.41) is 8.74. The molecule has 14 heavy (non-hydrogen) atoms. The van der Waals surface area contributed by atoms with Crippen LogP contribution in [-0.2, 0) is 6.54 Å². The lowest BCUT2D eigenvalue weighted by Gasteiger charge is -2.15. The Hall–Kier alpha value is -0.190. The van der Waals surface area contributed by atoms with Gasteiger partial charge >= 0.3 is 0 Å². The second-order valence-electron chi connectivity index (χ2n) is 3.87. The van der Waals surface area contributed by atoms with Crippen molar-refractivity contribution in [3.8, 4) is 0 Å². The van der Waals surface area contributed by atoms with Gasteiger partial charge in [-0.05, 0) is 37.5 Å². The zero-order valence-electron chi connectivity index (χ0n) is 8.83. The Bertz CT molecular complexity index is 275. The summed E-state index contributed by atoms with van der Waals surface area (Å²) in [7, 11) is 2.09. The number of rotatable bonds is 5. The lowest BCUT2D eigenvalue weighted by molar-refractivity contribution is 0.302. The number of hydrogen-bond acceptors (Lipinski definition) is 4. The highest BCUT2D eigenvalue weighted by molar-refractivity contribution is 7.15. The van der Waals surface area contributed by atoms with Gasteiger partial charge in [-0.25, -0.2) is 0 Å². The maximum absolute atomic E-state index is 5.70. The average molecular weight is 234 g/mol. The van der Waals surface area contributed by atoms with E-state index < -0.39 is 0 Å². The molecule has 0 unspecified atom stereocenters. The summed E-state index contributed by atoms with van der Waals surface area (Å²) in [5.74, 6) is 0.746. The summed E-state index contributed by atoms with van der Waals surface area (Å²) in [6, 6.07) is 0. The molecular formula is C9H16ClN3S. The van der Waals surface area contributed by atoms with Gasteiger partial charge in [0.25, 0.3) is 0 Å². The van der Waals surface area contributed by atoms with E-state index in [1.54, 1.807) is 0 Å². The standard InChI is InChI=1S/C9H16ClN3S/c1-7(2)4-5-13(3)6-8-11-12-9(10)14-8/h7H,4-6H2,1-3H3. The molecule has 1 aromatic rings. The fourth-order valence-electron chi connectivity index (χ4n) is 1.09. The first-order valence-corrected chi connectivity index (χ1v) is 5.94. The minimum absolute atomic E-state index is 0.525. The molecule has 0 aliphatic carbocycles. The van der Waals surface area contributed by atoms with Crippen LogP contribution in [0.15, 0.2) is 0 Å². The third kappa shape index (κ3) is 4.35. The summed E-state index contributed by atoms with van der Waals surface area (Å²) in [5.41, 5.74) is 0. The minimum Gasteiger partial charge on any atom is -0.300 e. The molecule has 0 amide bonds. The van der Waals surface area contributed by atoms with Crippen molar-refractivity contribution in [2.24, 2.45) is 5.92 Å². The predicted octanol–water partition coefficient (Wildman–Crippen LogP) is 2.67. The van der Waals surface area contributed by atoms with Crippen LogP contribution in [0, 0.1) is 5.92 Å². The topological polar surface area (TPSA) is 29.0 Å². The van der Waals surface area contributed by atoms with Gasteiger partial charge in [-0.15, -0.1) is 10.2 Å². The van der Waals surface area contributed by atoms with Crippen molar-refractivity contribution in [2.75, 3.05) is 13.6 Å². The maximum atomic E-state index is 5.70. The predicted molar refractivity (Wildman–Crippen MR) is 60.7 cm³/mol. The van der Waals surface area contributed by atoms with Crippen molar-refractivity contribution in [2.45, 2.75) is 26.8 Å². The Balaban J connectivity index is 2.30. The van der Waals surface area contributed by atoms with E-state index in [0.29, 0.717) is 4.47 Å². The molecule has 1 heterocycles. The molecule has 3 nitrogen and oxygen atoms in total. The molecule has 1 rings (SSSR count). The molecule has 1 aromatic heterocycles. The van der Waals surface area contributed by atoms with E-state index in [2.05, 4.69) is 36.0 Å². The second kappa shape index (κ2) is 5.63. The zero-order chi connectivity index (χ0) is 10.6. The van der Waals surface area contributed by atoms with Crippen LogP contribution < -0.4 is 0 Å². The third-order valence-corrected chi connectivity index (χ3v) is 2.94. The lowest BCUT2D eigenvalue weighted by Crippen LogP contribution is -2.20. The molecule has 0 aliphatic heterocycles. The summed E-state index contributed by atoms with van der Waals surface area (Å²) in [4.78, 5) is 2.25. The monoisotopic (exact) mass is 233 g/mol. The van der Waals surface area contributed by atoms with E-state index in [4.69, 9.17) is 11.6 Å². The Labute approximate surface area is 94.1 Å². The molecule has 0 saturated heterocycles. The van der Waals surface area contributed by atoms with Crippen molar-refractivity contribution >= 4 is 22.9 Å². The normalized spacial score (nSPS) is 11.6. The highest BCUT2D eigenvalue weighted by Crippen LogP contribution is 2.16. The van der Waals surface area contributed by atoms with Crippen molar-refractivity contribution < 1.29 is 0 Å². The molecule has 0 bridgehead atoms. The van der Waals surface area contributed by atoms with E-state index in [1.807, 2.05) is 0 Å². The average Bonchev–Trinajstić information content (AvgIpc) is 2.48. The molecule has 80 valence electrons. The van der Waals surface area contributed by atoms with Gasteiger partial charge in [0, 0.05) is 0 Å². The van der Waals surface area contributed by atoms with Crippen molar-refractivity contribution in [1.29, 1.82) is 0 Å². The third-order valence-electron chi connectivity index (χ3n) is 1.94. The van der Waals surface area contributed by atoms with Gasteiger partial charge < -0.3 is 0 Å². The molecule has 0 saturated carbocycles. The molecule has 0 atom stereocenters. The van der Waals surface area contributed by atoms with E-state index in [1.165, 1.54) is 17.8 Å². The van der Waals surface area contributed by atoms with Gasteiger partial charge in [-0.2, -0.15) is 0 Å². The van der Waals surface area contributed by atoms with Crippen molar-refractivity contribution in [3.63, 3.8) is 0 Å². The SMILES string of the molecule is CC(C)CCN(C)Cc1nnc(Cl)s1. The molecule has 0 aromatic carbocycles. The van der Waals surface area contributed by atoms with Crippen LogP contribution in [0.25, 0.3) is 0 Å². The second-order valence-corrected chi connectivity index (χ2v) is 5.51. The molecule has 0 spiro atoms. The van der Waals surface area contributed by atoms with Crippen molar-refractivity contribution in [1.82, 2.24) is 15.1 Å². The summed E-state index contributed by atoms with van der Waals surface area (Å²) in [6.45, 7) is 6.40. The zero-order valence-corrected chi connectivity index (χ0v) is 10.4. The van der Waals surface area contributed by atoms with E-state index in [9.17, 15) is 0 Å². The van der Waals surface area contributed by atoms with Gasteiger partial charge in [0.2, 0.25) is 4.47 Å². The van der Waals surface area contributed by atoms with Gasteiger partial charge in [-0.1, -0.05) is 25.2 Å². The molecular weight excluding hydrogens is 218 g/mol. The quantitative estimate of drug-likeness (QED) is 0.783. The van der Waals surface area contributed by atoms with Crippen LogP contribution in [0.5, 0.6) is 0 Å². The number of aromatic nitrogens is 2. The van der Waals surface area contributed by atoms with E-state index in [-0.39, 0.29) is 0 Å². The van der Waals surface area contributed by atoms with Gasteiger partial charge in [0.1, 0.15) is 5.01 Å². The number of hydrogen-bond donors (Lipinski definition) is 0. The van der Waals surface area contributed by atoms with Crippen molar-refractivity contribution in [3.05, 3.63) is 9.47 Å². The maximum Gasteiger partial charge on any atom is 0.207 e. The van der Waals surface area contributed by atoms with Gasteiger partial charge in [-0.3, -0.25) is 4.90 Å².